The SMILES string of the molecule is NCOc1cc2cc3ccoc3cc2oc1=O. The van der Waals surface area contributed by atoms with E-state index in [1.54, 1.807) is 18.4 Å². The number of furan rings is 1. The summed E-state index contributed by atoms with van der Waals surface area (Å²) < 4.78 is 15.3. The summed E-state index contributed by atoms with van der Waals surface area (Å²) in [5.74, 6) is 0.114. The summed E-state index contributed by atoms with van der Waals surface area (Å²) in [5, 5.41) is 1.70. The Morgan fingerprint density at radius 3 is 2.88 bits per heavy atom. The van der Waals surface area contributed by atoms with Gasteiger partial charge in [-0.05, 0) is 18.2 Å². The van der Waals surface area contributed by atoms with Gasteiger partial charge in [0.05, 0.1) is 6.26 Å². The molecule has 2 heterocycles. The normalized spacial score (nSPS) is 11.1. The molecule has 5 heteroatoms. The first kappa shape index (κ1) is 9.92. The zero-order valence-corrected chi connectivity index (χ0v) is 8.80. The monoisotopic (exact) mass is 231 g/mol. The molecule has 0 radical (unpaired) electrons. The van der Waals surface area contributed by atoms with E-state index in [9.17, 15) is 4.79 Å². The van der Waals surface area contributed by atoms with E-state index in [4.69, 9.17) is 19.3 Å². The van der Waals surface area contributed by atoms with Crippen LogP contribution in [-0.2, 0) is 0 Å². The van der Waals surface area contributed by atoms with E-state index in [0.717, 1.165) is 10.8 Å². The Kier molecular flexibility index (Phi) is 2.12. The Bertz CT molecular complexity index is 741. The minimum absolute atomic E-state index is 0.0653. The van der Waals surface area contributed by atoms with E-state index in [1.807, 2.05) is 12.1 Å². The van der Waals surface area contributed by atoms with Gasteiger partial charge >= 0.3 is 5.63 Å². The molecule has 0 amide bonds. The van der Waals surface area contributed by atoms with Gasteiger partial charge in [-0.25, -0.2) is 4.79 Å². The molecule has 0 saturated carbocycles. The van der Waals surface area contributed by atoms with Crippen LogP contribution in [0.25, 0.3) is 21.9 Å². The van der Waals surface area contributed by atoms with Gasteiger partial charge in [0.2, 0.25) is 5.75 Å². The van der Waals surface area contributed by atoms with Crippen molar-refractivity contribution in [2.75, 3.05) is 6.73 Å². The minimum Gasteiger partial charge on any atom is -0.471 e. The highest BCUT2D eigenvalue weighted by molar-refractivity contribution is 5.93. The lowest BCUT2D eigenvalue weighted by atomic mass is 10.2. The van der Waals surface area contributed by atoms with Gasteiger partial charge in [-0.3, -0.25) is 5.73 Å². The molecular formula is C12H9NO4. The molecule has 5 nitrogen and oxygen atoms in total. The van der Waals surface area contributed by atoms with Gasteiger partial charge in [-0.1, -0.05) is 0 Å². The fourth-order valence-electron chi connectivity index (χ4n) is 1.75. The summed E-state index contributed by atoms with van der Waals surface area (Å²) in [7, 11) is 0. The lowest BCUT2D eigenvalue weighted by molar-refractivity contribution is 0.313. The molecule has 0 unspecified atom stereocenters. The Hall–Kier alpha value is -2.27. The number of benzene rings is 1. The summed E-state index contributed by atoms with van der Waals surface area (Å²) in [5.41, 5.74) is 5.82. The van der Waals surface area contributed by atoms with Gasteiger partial charge in [0.25, 0.3) is 0 Å². The second-order valence-electron chi connectivity index (χ2n) is 3.56. The van der Waals surface area contributed by atoms with Crippen LogP contribution in [0.3, 0.4) is 0 Å². The molecule has 17 heavy (non-hydrogen) atoms. The van der Waals surface area contributed by atoms with Crippen LogP contribution in [-0.4, -0.2) is 6.73 Å². The molecule has 0 atom stereocenters. The Balaban J connectivity index is 2.33. The largest absolute Gasteiger partial charge is 0.471 e. The van der Waals surface area contributed by atoms with Gasteiger partial charge in [-0.15, -0.1) is 0 Å². The molecule has 86 valence electrons. The van der Waals surface area contributed by atoms with Crippen molar-refractivity contribution < 1.29 is 13.6 Å². The molecule has 3 rings (SSSR count). The molecule has 0 bridgehead atoms. The number of hydrogen-bond donors (Lipinski definition) is 1. The van der Waals surface area contributed by atoms with Crippen LogP contribution in [0.4, 0.5) is 0 Å². The topological polar surface area (TPSA) is 78.6 Å². The van der Waals surface area contributed by atoms with Crippen molar-refractivity contribution in [2.24, 2.45) is 5.73 Å². The van der Waals surface area contributed by atoms with E-state index in [1.165, 1.54) is 0 Å². The summed E-state index contributed by atoms with van der Waals surface area (Å²) >= 11 is 0. The van der Waals surface area contributed by atoms with Gasteiger partial charge in [0.1, 0.15) is 17.9 Å². The third-order valence-electron chi connectivity index (χ3n) is 2.51. The summed E-state index contributed by atoms with van der Waals surface area (Å²) in [6.45, 7) is -0.0653. The first-order valence-corrected chi connectivity index (χ1v) is 5.06. The standard InChI is InChI=1S/C12H9NO4/c13-6-16-11-4-8-3-7-1-2-15-9(7)5-10(8)17-12(11)14/h1-5H,6,13H2. The highest BCUT2D eigenvalue weighted by atomic mass is 16.5. The first-order valence-electron chi connectivity index (χ1n) is 5.06. The van der Waals surface area contributed by atoms with Crippen molar-refractivity contribution in [1.29, 1.82) is 0 Å². The Morgan fingerprint density at radius 1 is 1.18 bits per heavy atom. The molecule has 1 aromatic carbocycles. The van der Waals surface area contributed by atoms with Crippen molar-refractivity contribution in [1.82, 2.24) is 0 Å². The number of hydrogen-bond acceptors (Lipinski definition) is 5. The van der Waals surface area contributed by atoms with Gasteiger partial charge < -0.3 is 13.6 Å². The maximum absolute atomic E-state index is 11.5. The van der Waals surface area contributed by atoms with E-state index >= 15 is 0 Å². The highest BCUT2D eigenvalue weighted by Crippen LogP contribution is 2.24. The first-order chi connectivity index (χ1) is 8.28. The summed E-state index contributed by atoms with van der Waals surface area (Å²) in [4.78, 5) is 11.5. The summed E-state index contributed by atoms with van der Waals surface area (Å²) in [6, 6.07) is 6.99. The van der Waals surface area contributed by atoms with Crippen molar-refractivity contribution in [3.8, 4) is 5.75 Å². The average Bonchev–Trinajstić information content (AvgIpc) is 2.74. The number of fused-ring (bicyclic) bond motifs is 2. The molecule has 2 N–H and O–H groups in total. The van der Waals surface area contributed by atoms with Crippen LogP contribution in [0.2, 0.25) is 0 Å². The van der Waals surface area contributed by atoms with Crippen LogP contribution < -0.4 is 16.1 Å². The number of ether oxygens (including phenoxy) is 1. The summed E-state index contributed by atoms with van der Waals surface area (Å²) in [6.07, 6.45) is 1.58. The van der Waals surface area contributed by atoms with Gasteiger partial charge in [0, 0.05) is 16.8 Å². The van der Waals surface area contributed by atoms with Crippen molar-refractivity contribution in [2.45, 2.75) is 0 Å². The number of rotatable bonds is 2. The fraction of sp³-hybridized carbons (Fsp3) is 0.0833. The highest BCUT2D eigenvalue weighted by Gasteiger charge is 2.08. The lowest BCUT2D eigenvalue weighted by Crippen LogP contribution is -2.13. The van der Waals surface area contributed by atoms with Crippen molar-refractivity contribution in [3.63, 3.8) is 0 Å². The van der Waals surface area contributed by atoms with E-state index in [2.05, 4.69) is 0 Å². The third kappa shape index (κ3) is 1.57. The average molecular weight is 231 g/mol. The van der Waals surface area contributed by atoms with Gasteiger partial charge in [0.15, 0.2) is 0 Å². The number of nitrogens with two attached hydrogens (primary N) is 1. The van der Waals surface area contributed by atoms with Crippen LogP contribution in [0.5, 0.6) is 5.75 Å². The maximum atomic E-state index is 11.5. The smallest absolute Gasteiger partial charge is 0.379 e. The van der Waals surface area contributed by atoms with Crippen LogP contribution in [0, 0.1) is 0 Å². The zero-order chi connectivity index (χ0) is 11.8. The fourth-order valence-corrected chi connectivity index (χ4v) is 1.75. The zero-order valence-electron chi connectivity index (χ0n) is 8.80. The van der Waals surface area contributed by atoms with E-state index in [0.29, 0.717) is 11.2 Å². The molecule has 0 aliphatic rings. The maximum Gasteiger partial charge on any atom is 0.379 e. The van der Waals surface area contributed by atoms with Crippen molar-refractivity contribution >= 4 is 21.9 Å². The minimum atomic E-state index is -0.547. The second kappa shape index (κ2) is 3.64. The third-order valence-corrected chi connectivity index (χ3v) is 2.51. The molecule has 0 aliphatic heterocycles. The quantitative estimate of drug-likeness (QED) is 0.537. The van der Waals surface area contributed by atoms with Crippen molar-refractivity contribution in [3.05, 3.63) is 40.9 Å². The Morgan fingerprint density at radius 2 is 2.06 bits per heavy atom. The van der Waals surface area contributed by atoms with Gasteiger partial charge in [-0.2, -0.15) is 0 Å². The second-order valence-corrected chi connectivity index (χ2v) is 3.56. The van der Waals surface area contributed by atoms with Crippen LogP contribution in [0.1, 0.15) is 0 Å². The lowest BCUT2D eigenvalue weighted by Gasteiger charge is -2.02. The molecular weight excluding hydrogens is 222 g/mol. The molecule has 0 saturated heterocycles. The van der Waals surface area contributed by atoms with Crippen LogP contribution in [0.15, 0.2) is 44.2 Å². The van der Waals surface area contributed by atoms with E-state index in [-0.39, 0.29) is 12.5 Å². The molecule has 0 aliphatic carbocycles. The molecule has 3 aromatic rings. The van der Waals surface area contributed by atoms with E-state index < -0.39 is 5.63 Å². The predicted octanol–water partition coefficient (Wildman–Crippen LogP) is 1.83. The molecule has 0 fully saturated rings. The predicted molar refractivity (Wildman–Crippen MR) is 61.9 cm³/mol. The Labute approximate surface area is 95.4 Å². The van der Waals surface area contributed by atoms with Crippen LogP contribution >= 0.6 is 0 Å². The molecule has 0 spiro atoms. The molecule has 2 aromatic heterocycles.